The molecule has 1 saturated carbocycles. The maximum absolute atomic E-state index is 5.83. The van der Waals surface area contributed by atoms with Gasteiger partial charge in [-0.1, -0.05) is 19.1 Å². The molecule has 0 heterocycles. The summed E-state index contributed by atoms with van der Waals surface area (Å²) in [4.78, 5) is 0. The molecular weight excluding hydrogens is 160 g/mol. The standard InChI is InChI=1S/C12H16O/c1-3-11-9(2)5-4-6-12(11)13-10-7-8-10/h4-6,10H,3,7-8H2,1-2H3. The van der Waals surface area contributed by atoms with Crippen LogP contribution in [0.5, 0.6) is 5.75 Å². The Morgan fingerprint density at radius 1 is 1.38 bits per heavy atom. The highest BCUT2D eigenvalue weighted by atomic mass is 16.5. The molecule has 0 aliphatic heterocycles. The van der Waals surface area contributed by atoms with Crippen LogP contribution in [0.4, 0.5) is 0 Å². The highest BCUT2D eigenvalue weighted by molar-refractivity contribution is 5.39. The molecule has 0 aromatic heterocycles. The topological polar surface area (TPSA) is 9.23 Å². The molecular formula is C12H16O. The van der Waals surface area contributed by atoms with Gasteiger partial charge in [-0.2, -0.15) is 0 Å². The van der Waals surface area contributed by atoms with Crippen molar-refractivity contribution in [3.8, 4) is 5.75 Å². The zero-order valence-electron chi connectivity index (χ0n) is 8.34. The van der Waals surface area contributed by atoms with Crippen molar-refractivity contribution >= 4 is 0 Å². The van der Waals surface area contributed by atoms with Crippen LogP contribution >= 0.6 is 0 Å². The number of rotatable bonds is 3. The van der Waals surface area contributed by atoms with Gasteiger partial charge in [0.15, 0.2) is 0 Å². The van der Waals surface area contributed by atoms with E-state index in [2.05, 4.69) is 32.0 Å². The molecule has 70 valence electrons. The van der Waals surface area contributed by atoms with Gasteiger partial charge < -0.3 is 4.74 Å². The first-order chi connectivity index (χ1) is 6.31. The average Bonchev–Trinajstić information content (AvgIpc) is 2.89. The lowest BCUT2D eigenvalue weighted by atomic mass is 10.1. The monoisotopic (exact) mass is 176 g/mol. The van der Waals surface area contributed by atoms with Gasteiger partial charge in [0.2, 0.25) is 0 Å². The minimum Gasteiger partial charge on any atom is -0.490 e. The second kappa shape index (κ2) is 3.41. The minimum atomic E-state index is 0.507. The number of aryl methyl sites for hydroxylation is 1. The third-order valence-electron chi connectivity index (χ3n) is 2.54. The largest absolute Gasteiger partial charge is 0.490 e. The summed E-state index contributed by atoms with van der Waals surface area (Å²) in [5, 5.41) is 0. The summed E-state index contributed by atoms with van der Waals surface area (Å²) in [6, 6.07) is 6.31. The minimum absolute atomic E-state index is 0.507. The Kier molecular flexibility index (Phi) is 2.26. The van der Waals surface area contributed by atoms with Gasteiger partial charge in [-0.15, -0.1) is 0 Å². The maximum Gasteiger partial charge on any atom is 0.123 e. The van der Waals surface area contributed by atoms with Crippen molar-refractivity contribution < 1.29 is 4.74 Å². The highest BCUT2D eigenvalue weighted by Gasteiger charge is 2.24. The van der Waals surface area contributed by atoms with Gasteiger partial charge >= 0.3 is 0 Å². The van der Waals surface area contributed by atoms with E-state index in [9.17, 15) is 0 Å². The van der Waals surface area contributed by atoms with Crippen LogP contribution in [0.25, 0.3) is 0 Å². The first-order valence-corrected chi connectivity index (χ1v) is 5.06. The molecule has 1 fully saturated rings. The van der Waals surface area contributed by atoms with E-state index >= 15 is 0 Å². The maximum atomic E-state index is 5.83. The van der Waals surface area contributed by atoms with E-state index in [0.717, 1.165) is 12.2 Å². The van der Waals surface area contributed by atoms with E-state index in [0.29, 0.717) is 6.10 Å². The highest BCUT2D eigenvalue weighted by Crippen LogP contribution is 2.30. The second-order valence-electron chi connectivity index (χ2n) is 3.72. The summed E-state index contributed by atoms with van der Waals surface area (Å²) in [5.41, 5.74) is 2.72. The Morgan fingerprint density at radius 2 is 2.15 bits per heavy atom. The first kappa shape index (κ1) is 8.61. The predicted molar refractivity (Wildman–Crippen MR) is 54.2 cm³/mol. The molecule has 0 atom stereocenters. The van der Waals surface area contributed by atoms with E-state index in [1.54, 1.807) is 0 Å². The zero-order valence-corrected chi connectivity index (χ0v) is 8.34. The molecule has 0 amide bonds. The molecule has 13 heavy (non-hydrogen) atoms. The third kappa shape index (κ3) is 1.85. The lowest BCUT2D eigenvalue weighted by Crippen LogP contribution is -2.00. The van der Waals surface area contributed by atoms with Crippen LogP contribution in [0.2, 0.25) is 0 Å². The SMILES string of the molecule is CCc1c(C)cccc1OC1CC1. The molecule has 0 spiro atoms. The summed E-state index contributed by atoms with van der Waals surface area (Å²) in [7, 11) is 0. The molecule has 1 aromatic rings. The number of benzene rings is 1. The molecule has 0 saturated heterocycles. The van der Waals surface area contributed by atoms with Gasteiger partial charge in [-0.05, 0) is 43.4 Å². The fraction of sp³-hybridized carbons (Fsp3) is 0.500. The summed E-state index contributed by atoms with van der Waals surface area (Å²) in [5.74, 6) is 1.10. The van der Waals surface area contributed by atoms with Gasteiger partial charge in [-0.3, -0.25) is 0 Å². The molecule has 0 bridgehead atoms. The fourth-order valence-electron chi connectivity index (χ4n) is 1.60. The average molecular weight is 176 g/mol. The zero-order chi connectivity index (χ0) is 9.26. The van der Waals surface area contributed by atoms with Crippen molar-refractivity contribution in [3.63, 3.8) is 0 Å². The molecule has 1 aromatic carbocycles. The molecule has 2 rings (SSSR count). The van der Waals surface area contributed by atoms with Crippen molar-refractivity contribution in [3.05, 3.63) is 29.3 Å². The van der Waals surface area contributed by atoms with Crippen molar-refractivity contribution in [2.24, 2.45) is 0 Å². The van der Waals surface area contributed by atoms with E-state index in [4.69, 9.17) is 4.74 Å². The summed E-state index contributed by atoms with van der Waals surface area (Å²) in [6.45, 7) is 4.33. The van der Waals surface area contributed by atoms with Crippen LogP contribution in [0.1, 0.15) is 30.9 Å². The van der Waals surface area contributed by atoms with Crippen LogP contribution in [0, 0.1) is 6.92 Å². The number of hydrogen-bond acceptors (Lipinski definition) is 1. The van der Waals surface area contributed by atoms with Crippen molar-refractivity contribution in [1.29, 1.82) is 0 Å². The predicted octanol–water partition coefficient (Wildman–Crippen LogP) is 3.10. The fourth-order valence-corrected chi connectivity index (χ4v) is 1.60. The van der Waals surface area contributed by atoms with Gasteiger partial charge in [0.25, 0.3) is 0 Å². The van der Waals surface area contributed by atoms with E-state index in [1.807, 2.05) is 0 Å². The Bertz CT molecular complexity index is 300. The smallest absolute Gasteiger partial charge is 0.123 e. The van der Waals surface area contributed by atoms with Crippen LogP contribution in [-0.4, -0.2) is 6.10 Å². The Hall–Kier alpha value is -0.980. The third-order valence-corrected chi connectivity index (χ3v) is 2.54. The Labute approximate surface area is 79.7 Å². The molecule has 1 heteroatoms. The lowest BCUT2D eigenvalue weighted by molar-refractivity contribution is 0.300. The molecule has 0 radical (unpaired) electrons. The lowest BCUT2D eigenvalue weighted by Gasteiger charge is -2.11. The number of hydrogen-bond donors (Lipinski definition) is 0. The van der Waals surface area contributed by atoms with Crippen LogP contribution in [0.15, 0.2) is 18.2 Å². The molecule has 1 nitrogen and oxygen atoms in total. The summed E-state index contributed by atoms with van der Waals surface area (Å²) < 4.78 is 5.83. The van der Waals surface area contributed by atoms with Crippen molar-refractivity contribution in [2.45, 2.75) is 39.2 Å². The van der Waals surface area contributed by atoms with Gasteiger partial charge in [-0.25, -0.2) is 0 Å². The Balaban J connectivity index is 2.25. The molecule has 1 aliphatic carbocycles. The normalized spacial score (nSPS) is 15.8. The summed E-state index contributed by atoms with van der Waals surface area (Å²) in [6.07, 6.45) is 4.04. The quantitative estimate of drug-likeness (QED) is 0.687. The van der Waals surface area contributed by atoms with Gasteiger partial charge in [0.05, 0.1) is 6.10 Å². The Morgan fingerprint density at radius 3 is 2.77 bits per heavy atom. The van der Waals surface area contributed by atoms with E-state index in [-0.39, 0.29) is 0 Å². The molecule has 1 aliphatic rings. The van der Waals surface area contributed by atoms with Crippen LogP contribution in [0.3, 0.4) is 0 Å². The van der Waals surface area contributed by atoms with E-state index < -0.39 is 0 Å². The number of ether oxygens (including phenoxy) is 1. The summed E-state index contributed by atoms with van der Waals surface area (Å²) >= 11 is 0. The molecule has 0 unspecified atom stereocenters. The second-order valence-corrected chi connectivity index (χ2v) is 3.72. The van der Waals surface area contributed by atoms with Crippen LogP contribution in [-0.2, 0) is 6.42 Å². The first-order valence-electron chi connectivity index (χ1n) is 5.06. The van der Waals surface area contributed by atoms with Crippen molar-refractivity contribution in [2.75, 3.05) is 0 Å². The molecule has 0 N–H and O–H groups in total. The van der Waals surface area contributed by atoms with E-state index in [1.165, 1.54) is 24.0 Å². The van der Waals surface area contributed by atoms with Gasteiger partial charge in [0.1, 0.15) is 5.75 Å². The van der Waals surface area contributed by atoms with Gasteiger partial charge in [0, 0.05) is 0 Å². The van der Waals surface area contributed by atoms with Crippen LogP contribution < -0.4 is 4.74 Å². The van der Waals surface area contributed by atoms with Crippen molar-refractivity contribution in [1.82, 2.24) is 0 Å².